The highest BCUT2D eigenvalue weighted by molar-refractivity contribution is 6.33. The minimum Gasteiger partial charge on any atom is -0.385 e. The number of nitrogens with one attached hydrogen (secondary N) is 1. The molecule has 2 fully saturated rings. The molecule has 0 radical (unpaired) electrons. The molecule has 0 aromatic heterocycles. The fraction of sp³-hybridized carbons (Fsp3) is 0.579. The molecule has 1 unspecified atom stereocenters. The minimum atomic E-state index is -4.60. The summed E-state index contributed by atoms with van der Waals surface area (Å²) in [6.45, 7) is 2.51. The molecule has 2 aliphatic rings. The molecule has 1 aliphatic carbocycles. The van der Waals surface area contributed by atoms with Crippen molar-refractivity contribution in [3.63, 3.8) is 0 Å². The lowest BCUT2D eigenvalue weighted by Gasteiger charge is -2.28. The van der Waals surface area contributed by atoms with E-state index < -0.39 is 17.3 Å². The summed E-state index contributed by atoms with van der Waals surface area (Å²) in [6, 6.07) is 1.06. The van der Waals surface area contributed by atoms with Crippen LogP contribution in [0.1, 0.15) is 62.1 Å². The van der Waals surface area contributed by atoms with Gasteiger partial charge in [0.15, 0.2) is 0 Å². The van der Waals surface area contributed by atoms with Crippen molar-refractivity contribution in [2.75, 3.05) is 11.9 Å². The standard InChI is InChI=1S/C19H23ClF3NO2/c1-2-3-6-12-14(24-15-7-4-5-10-26-15)11-13(19(21,22)23)16(17(12)20)18(25)8-9-18/h3,6,11,15,24-25H,2,4-5,7-10H2,1H3/b6-3+. The topological polar surface area (TPSA) is 41.5 Å². The Morgan fingerprint density at radius 2 is 2.12 bits per heavy atom. The normalized spacial score (nSPS) is 22.6. The average molecular weight is 390 g/mol. The molecule has 1 aromatic carbocycles. The first-order valence-electron chi connectivity index (χ1n) is 8.97. The SMILES string of the molecule is CC/C=C/c1c(NC2CCCCO2)cc(C(F)(F)F)c(C2(O)CC2)c1Cl. The first-order valence-corrected chi connectivity index (χ1v) is 9.35. The van der Waals surface area contributed by atoms with Crippen molar-refractivity contribution < 1.29 is 23.0 Å². The summed E-state index contributed by atoms with van der Waals surface area (Å²) < 4.78 is 46.7. The van der Waals surface area contributed by atoms with Crippen molar-refractivity contribution in [1.29, 1.82) is 0 Å². The predicted molar refractivity (Wildman–Crippen MR) is 96.1 cm³/mol. The van der Waals surface area contributed by atoms with Crippen LogP contribution in [0.4, 0.5) is 18.9 Å². The van der Waals surface area contributed by atoms with Gasteiger partial charge in [-0.3, -0.25) is 0 Å². The molecule has 7 heteroatoms. The van der Waals surface area contributed by atoms with Crippen LogP contribution in [0, 0.1) is 0 Å². The molecule has 0 bridgehead atoms. The molecular weight excluding hydrogens is 367 g/mol. The summed E-state index contributed by atoms with van der Waals surface area (Å²) in [6.07, 6.45) is 2.51. The zero-order valence-corrected chi connectivity index (χ0v) is 15.4. The van der Waals surface area contributed by atoms with Crippen molar-refractivity contribution in [2.45, 2.75) is 63.5 Å². The van der Waals surface area contributed by atoms with E-state index in [1.807, 2.05) is 13.0 Å². The minimum absolute atomic E-state index is 0.0390. The summed E-state index contributed by atoms with van der Waals surface area (Å²) in [5.74, 6) is 0. The number of benzene rings is 1. The molecule has 144 valence electrons. The second-order valence-electron chi connectivity index (χ2n) is 6.91. The molecule has 3 nitrogen and oxygen atoms in total. The van der Waals surface area contributed by atoms with E-state index in [0.29, 0.717) is 12.2 Å². The van der Waals surface area contributed by atoms with Crippen molar-refractivity contribution in [3.8, 4) is 0 Å². The van der Waals surface area contributed by atoms with Gasteiger partial charge in [0.05, 0.1) is 16.2 Å². The van der Waals surface area contributed by atoms with E-state index in [0.717, 1.165) is 31.7 Å². The molecule has 1 aliphatic heterocycles. The second kappa shape index (κ2) is 7.41. The Kier molecular flexibility index (Phi) is 5.56. The largest absolute Gasteiger partial charge is 0.416 e. The fourth-order valence-corrected chi connectivity index (χ4v) is 3.70. The molecule has 3 rings (SSSR count). The Morgan fingerprint density at radius 3 is 2.65 bits per heavy atom. The maximum absolute atomic E-state index is 13.7. The Hall–Kier alpha value is -1.24. The lowest BCUT2D eigenvalue weighted by molar-refractivity contribution is -0.139. The molecular formula is C19H23ClF3NO2. The van der Waals surface area contributed by atoms with E-state index in [1.165, 1.54) is 0 Å². The molecule has 26 heavy (non-hydrogen) atoms. The number of halogens is 4. The van der Waals surface area contributed by atoms with Gasteiger partial charge < -0.3 is 15.2 Å². The third-order valence-electron chi connectivity index (χ3n) is 4.81. The third-order valence-corrected chi connectivity index (χ3v) is 5.21. The van der Waals surface area contributed by atoms with Crippen molar-refractivity contribution in [1.82, 2.24) is 0 Å². The summed E-state index contributed by atoms with van der Waals surface area (Å²) in [4.78, 5) is 0. The van der Waals surface area contributed by atoms with Gasteiger partial charge in [-0.1, -0.05) is 30.7 Å². The molecule has 2 N–H and O–H groups in total. The van der Waals surface area contributed by atoms with Crippen LogP contribution in [0.2, 0.25) is 5.02 Å². The van der Waals surface area contributed by atoms with Crippen LogP contribution in [0.5, 0.6) is 0 Å². The van der Waals surface area contributed by atoms with Crippen LogP contribution in [-0.4, -0.2) is 17.9 Å². The summed E-state index contributed by atoms with van der Waals surface area (Å²) >= 11 is 6.41. The Bertz CT molecular complexity index is 693. The first-order chi connectivity index (χ1) is 12.3. The molecule has 1 atom stereocenters. The molecule has 1 saturated heterocycles. The highest BCUT2D eigenvalue weighted by atomic mass is 35.5. The number of ether oxygens (including phenoxy) is 1. The van der Waals surface area contributed by atoms with Crippen LogP contribution in [-0.2, 0) is 16.5 Å². The molecule has 1 saturated carbocycles. The van der Waals surface area contributed by atoms with Gasteiger partial charge in [0.25, 0.3) is 0 Å². The smallest absolute Gasteiger partial charge is 0.385 e. The van der Waals surface area contributed by atoms with Crippen molar-refractivity contribution >= 4 is 23.4 Å². The summed E-state index contributed by atoms with van der Waals surface area (Å²) in [5.41, 5.74) is -1.83. The number of anilines is 1. The van der Waals surface area contributed by atoms with Gasteiger partial charge in [-0.05, 0) is 44.6 Å². The lowest BCUT2D eigenvalue weighted by Crippen LogP contribution is -2.28. The second-order valence-corrected chi connectivity index (χ2v) is 7.29. The van der Waals surface area contributed by atoms with E-state index >= 15 is 0 Å². The van der Waals surface area contributed by atoms with E-state index in [-0.39, 0.29) is 35.3 Å². The number of aliphatic hydroxyl groups is 1. The molecule has 0 amide bonds. The third kappa shape index (κ3) is 4.02. The van der Waals surface area contributed by atoms with Gasteiger partial charge in [-0.15, -0.1) is 0 Å². The zero-order chi connectivity index (χ0) is 18.9. The Morgan fingerprint density at radius 1 is 1.38 bits per heavy atom. The monoisotopic (exact) mass is 389 g/mol. The number of hydrogen-bond acceptors (Lipinski definition) is 3. The van der Waals surface area contributed by atoms with Gasteiger partial charge >= 0.3 is 6.18 Å². The Balaban J connectivity index is 2.11. The molecule has 1 heterocycles. The number of hydrogen-bond donors (Lipinski definition) is 2. The van der Waals surface area contributed by atoms with E-state index in [2.05, 4.69) is 5.32 Å². The number of rotatable bonds is 5. The van der Waals surface area contributed by atoms with Crippen LogP contribution >= 0.6 is 11.6 Å². The van der Waals surface area contributed by atoms with Crippen LogP contribution in [0.15, 0.2) is 12.1 Å². The number of allylic oxidation sites excluding steroid dienone is 1. The van der Waals surface area contributed by atoms with Gasteiger partial charge in [0.2, 0.25) is 0 Å². The van der Waals surface area contributed by atoms with Crippen molar-refractivity contribution in [2.24, 2.45) is 0 Å². The number of alkyl halides is 3. The summed E-state index contributed by atoms with van der Waals surface area (Å²) in [5, 5.41) is 13.5. The van der Waals surface area contributed by atoms with E-state index in [9.17, 15) is 18.3 Å². The Labute approximate surface area is 156 Å². The summed E-state index contributed by atoms with van der Waals surface area (Å²) in [7, 11) is 0. The van der Waals surface area contributed by atoms with Crippen LogP contribution in [0.25, 0.3) is 6.08 Å². The highest BCUT2D eigenvalue weighted by Crippen LogP contribution is 2.54. The van der Waals surface area contributed by atoms with Gasteiger partial charge in [-0.2, -0.15) is 13.2 Å². The maximum Gasteiger partial charge on any atom is 0.416 e. The average Bonchev–Trinajstić information content (AvgIpc) is 3.32. The van der Waals surface area contributed by atoms with Crippen molar-refractivity contribution in [3.05, 3.63) is 33.9 Å². The van der Waals surface area contributed by atoms with Crippen LogP contribution in [0.3, 0.4) is 0 Å². The van der Waals surface area contributed by atoms with E-state index in [4.69, 9.17) is 16.3 Å². The van der Waals surface area contributed by atoms with Gasteiger partial charge in [-0.25, -0.2) is 0 Å². The fourth-order valence-electron chi connectivity index (χ4n) is 3.26. The predicted octanol–water partition coefficient (Wildman–Crippen LogP) is 5.70. The molecule has 1 aromatic rings. The first kappa shape index (κ1) is 19.5. The van der Waals surface area contributed by atoms with Gasteiger partial charge in [0, 0.05) is 23.4 Å². The van der Waals surface area contributed by atoms with Gasteiger partial charge in [0.1, 0.15) is 6.23 Å². The zero-order valence-electron chi connectivity index (χ0n) is 14.6. The van der Waals surface area contributed by atoms with E-state index in [1.54, 1.807) is 6.08 Å². The quantitative estimate of drug-likeness (QED) is 0.678. The van der Waals surface area contributed by atoms with Crippen LogP contribution < -0.4 is 5.32 Å². The highest BCUT2D eigenvalue weighted by Gasteiger charge is 2.50. The maximum atomic E-state index is 13.7. The molecule has 0 spiro atoms. The lowest BCUT2D eigenvalue weighted by atomic mass is 9.95.